The second-order valence-corrected chi connectivity index (χ2v) is 5.41. The Labute approximate surface area is 121 Å². The van der Waals surface area contributed by atoms with Crippen LogP contribution in [0.4, 0.5) is 4.39 Å². The molecule has 0 aliphatic carbocycles. The van der Waals surface area contributed by atoms with E-state index in [1.165, 1.54) is 6.07 Å². The lowest BCUT2D eigenvalue weighted by Gasteiger charge is -2.18. The Hall–Kier alpha value is -1.58. The van der Waals surface area contributed by atoms with Gasteiger partial charge in [-0.25, -0.2) is 4.39 Å². The summed E-state index contributed by atoms with van der Waals surface area (Å²) < 4.78 is 19.4. The van der Waals surface area contributed by atoms with Gasteiger partial charge < -0.3 is 9.84 Å². The van der Waals surface area contributed by atoms with Crippen molar-refractivity contribution >= 4 is 11.6 Å². The Kier molecular flexibility index (Phi) is 3.64. The summed E-state index contributed by atoms with van der Waals surface area (Å²) in [6.45, 7) is 0. The van der Waals surface area contributed by atoms with Gasteiger partial charge in [-0.1, -0.05) is 35.9 Å². The summed E-state index contributed by atoms with van der Waals surface area (Å²) in [7, 11) is 0. The molecule has 0 saturated heterocycles. The molecule has 2 aromatic rings. The average molecular weight is 293 g/mol. The number of para-hydroxylation sites is 1. The van der Waals surface area contributed by atoms with Crippen molar-refractivity contribution in [3.05, 3.63) is 64.4 Å². The fourth-order valence-electron chi connectivity index (χ4n) is 2.47. The van der Waals surface area contributed by atoms with Crippen LogP contribution in [-0.2, 0) is 12.8 Å². The maximum absolute atomic E-state index is 13.7. The van der Waals surface area contributed by atoms with E-state index < -0.39 is 11.9 Å². The number of hydrogen-bond donors (Lipinski definition) is 1. The third-order valence-electron chi connectivity index (χ3n) is 3.55. The number of aliphatic hydroxyl groups is 1. The zero-order chi connectivity index (χ0) is 14.1. The highest BCUT2D eigenvalue weighted by atomic mass is 35.5. The average Bonchev–Trinajstić information content (AvgIpc) is 2.86. The molecule has 1 N–H and O–H groups in total. The monoisotopic (exact) mass is 292 g/mol. The van der Waals surface area contributed by atoms with E-state index in [1.54, 1.807) is 12.1 Å². The van der Waals surface area contributed by atoms with Gasteiger partial charge in [0.25, 0.3) is 0 Å². The van der Waals surface area contributed by atoms with Crippen LogP contribution in [0.15, 0.2) is 42.5 Å². The minimum atomic E-state index is -0.752. The Morgan fingerprint density at radius 2 is 2.10 bits per heavy atom. The van der Waals surface area contributed by atoms with Crippen LogP contribution in [0.3, 0.4) is 0 Å². The van der Waals surface area contributed by atoms with E-state index in [9.17, 15) is 9.50 Å². The van der Waals surface area contributed by atoms with Gasteiger partial charge in [0.05, 0.1) is 6.10 Å². The van der Waals surface area contributed by atoms with Crippen LogP contribution < -0.4 is 4.74 Å². The number of hydrogen-bond acceptors (Lipinski definition) is 2. The van der Waals surface area contributed by atoms with E-state index in [-0.39, 0.29) is 12.5 Å². The lowest BCUT2D eigenvalue weighted by Crippen LogP contribution is -2.32. The van der Waals surface area contributed by atoms with Crippen LogP contribution in [0.25, 0.3) is 0 Å². The molecule has 2 atom stereocenters. The molecular weight excluding hydrogens is 279 g/mol. The molecule has 2 unspecified atom stereocenters. The number of benzene rings is 2. The van der Waals surface area contributed by atoms with Crippen LogP contribution in [-0.4, -0.2) is 17.3 Å². The van der Waals surface area contributed by atoms with Gasteiger partial charge >= 0.3 is 0 Å². The molecule has 0 fully saturated rings. The van der Waals surface area contributed by atoms with Crippen molar-refractivity contribution in [2.24, 2.45) is 0 Å². The Morgan fingerprint density at radius 1 is 1.30 bits per heavy atom. The van der Waals surface area contributed by atoms with Crippen molar-refractivity contribution in [3.63, 3.8) is 0 Å². The zero-order valence-corrected chi connectivity index (χ0v) is 11.5. The molecule has 1 aliphatic heterocycles. The fraction of sp³-hybridized carbons (Fsp3) is 0.250. The van der Waals surface area contributed by atoms with E-state index in [0.717, 1.165) is 11.3 Å². The Morgan fingerprint density at radius 3 is 2.85 bits per heavy atom. The molecule has 0 saturated carbocycles. The minimum Gasteiger partial charge on any atom is -0.487 e. The molecule has 2 nitrogen and oxygen atoms in total. The van der Waals surface area contributed by atoms with Gasteiger partial charge in [-0.3, -0.25) is 0 Å². The molecular formula is C16H14ClFO2. The standard InChI is InChI=1S/C16H14ClFO2/c17-12-6-5-10(13(18)9-12)7-14(19)16-8-11-3-1-2-4-15(11)20-16/h1-6,9,14,16,19H,7-8H2. The van der Waals surface area contributed by atoms with E-state index in [4.69, 9.17) is 16.3 Å². The third-order valence-corrected chi connectivity index (χ3v) is 3.78. The smallest absolute Gasteiger partial charge is 0.129 e. The molecule has 0 spiro atoms. The molecule has 0 amide bonds. The number of halogens is 2. The number of ether oxygens (including phenoxy) is 1. The van der Waals surface area contributed by atoms with Crippen molar-refractivity contribution in [2.75, 3.05) is 0 Å². The summed E-state index contributed by atoms with van der Waals surface area (Å²) in [4.78, 5) is 0. The zero-order valence-electron chi connectivity index (χ0n) is 10.7. The maximum atomic E-state index is 13.7. The third kappa shape index (κ3) is 2.65. The lowest BCUT2D eigenvalue weighted by molar-refractivity contribution is 0.0497. The first-order valence-corrected chi connectivity index (χ1v) is 6.88. The molecule has 0 bridgehead atoms. The van der Waals surface area contributed by atoms with E-state index >= 15 is 0 Å². The predicted molar refractivity (Wildman–Crippen MR) is 75.7 cm³/mol. The molecule has 104 valence electrons. The second kappa shape index (κ2) is 5.43. The Bertz CT molecular complexity index is 605. The first kappa shape index (κ1) is 13.4. The van der Waals surface area contributed by atoms with Crippen molar-refractivity contribution < 1.29 is 14.2 Å². The number of rotatable bonds is 3. The predicted octanol–water partition coefficient (Wildman–Crippen LogP) is 3.39. The molecule has 2 aromatic carbocycles. The SMILES string of the molecule is OC(Cc1ccc(Cl)cc1F)C1Cc2ccccc2O1. The Balaban J connectivity index is 1.70. The van der Waals surface area contributed by atoms with Gasteiger partial charge in [-0.15, -0.1) is 0 Å². The lowest BCUT2D eigenvalue weighted by atomic mass is 10.00. The number of fused-ring (bicyclic) bond motifs is 1. The van der Waals surface area contributed by atoms with Crippen LogP contribution in [0.2, 0.25) is 5.02 Å². The van der Waals surface area contributed by atoms with Gasteiger partial charge in [0.1, 0.15) is 17.7 Å². The van der Waals surface area contributed by atoms with E-state index in [0.29, 0.717) is 17.0 Å². The molecule has 1 aliphatic rings. The van der Waals surface area contributed by atoms with Crippen molar-refractivity contribution in [2.45, 2.75) is 25.0 Å². The second-order valence-electron chi connectivity index (χ2n) is 4.98. The van der Waals surface area contributed by atoms with Gasteiger partial charge in [-0.05, 0) is 29.3 Å². The van der Waals surface area contributed by atoms with Gasteiger partial charge in [0.15, 0.2) is 0 Å². The molecule has 3 rings (SSSR count). The maximum Gasteiger partial charge on any atom is 0.129 e. The highest BCUT2D eigenvalue weighted by Crippen LogP contribution is 2.30. The highest BCUT2D eigenvalue weighted by molar-refractivity contribution is 6.30. The first-order chi connectivity index (χ1) is 9.63. The van der Waals surface area contributed by atoms with Gasteiger partial charge in [0, 0.05) is 17.9 Å². The fourth-order valence-corrected chi connectivity index (χ4v) is 2.63. The molecule has 20 heavy (non-hydrogen) atoms. The largest absolute Gasteiger partial charge is 0.487 e. The number of aliphatic hydroxyl groups excluding tert-OH is 1. The normalized spacial score (nSPS) is 18.4. The first-order valence-electron chi connectivity index (χ1n) is 6.50. The van der Waals surface area contributed by atoms with Crippen LogP contribution >= 0.6 is 11.6 Å². The van der Waals surface area contributed by atoms with Crippen molar-refractivity contribution in [1.29, 1.82) is 0 Å². The van der Waals surface area contributed by atoms with E-state index in [2.05, 4.69) is 0 Å². The van der Waals surface area contributed by atoms with E-state index in [1.807, 2.05) is 24.3 Å². The highest BCUT2D eigenvalue weighted by Gasteiger charge is 2.29. The summed E-state index contributed by atoms with van der Waals surface area (Å²) in [6.07, 6.45) is -0.227. The van der Waals surface area contributed by atoms with Crippen LogP contribution in [0.5, 0.6) is 5.75 Å². The summed E-state index contributed by atoms with van der Waals surface area (Å²) in [6, 6.07) is 12.2. The van der Waals surface area contributed by atoms with Crippen molar-refractivity contribution in [3.8, 4) is 5.75 Å². The molecule has 0 radical (unpaired) electrons. The minimum absolute atomic E-state index is 0.210. The summed E-state index contributed by atoms with van der Waals surface area (Å²) >= 11 is 5.71. The summed E-state index contributed by atoms with van der Waals surface area (Å²) in [5, 5.41) is 10.6. The van der Waals surface area contributed by atoms with Crippen molar-refractivity contribution in [1.82, 2.24) is 0 Å². The molecule has 4 heteroatoms. The van der Waals surface area contributed by atoms with Crippen LogP contribution in [0, 0.1) is 5.82 Å². The van der Waals surface area contributed by atoms with Gasteiger partial charge in [-0.2, -0.15) is 0 Å². The topological polar surface area (TPSA) is 29.5 Å². The molecule has 1 heterocycles. The van der Waals surface area contributed by atoms with Crippen LogP contribution in [0.1, 0.15) is 11.1 Å². The quantitative estimate of drug-likeness (QED) is 0.940. The summed E-state index contributed by atoms with van der Waals surface area (Å²) in [5.74, 6) is 0.403. The summed E-state index contributed by atoms with van der Waals surface area (Å²) in [5.41, 5.74) is 1.52. The molecule has 0 aromatic heterocycles. The van der Waals surface area contributed by atoms with Gasteiger partial charge in [0.2, 0.25) is 0 Å².